The van der Waals surface area contributed by atoms with Crippen molar-refractivity contribution in [3.8, 4) is 0 Å². The molecule has 3 N–H and O–H groups in total. The monoisotopic (exact) mass is 373 g/mol. The van der Waals surface area contributed by atoms with Crippen LogP contribution in [0.25, 0.3) is 0 Å². The zero-order chi connectivity index (χ0) is 18.6. The zero-order valence-electron chi connectivity index (χ0n) is 14.6. The lowest BCUT2D eigenvalue weighted by Crippen LogP contribution is -2.49. The molecule has 0 bridgehead atoms. The lowest BCUT2D eigenvalue weighted by molar-refractivity contribution is -0.126. The van der Waals surface area contributed by atoms with Crippen LogP contribution in [0.3, 0.4) is 0 Å². The molecule has 0 saturated carbocycles. The summed E-state index contributed by atoms with van der Waals surface area (Å²) in [6.07, 6.45) is 0. The molecule has 1 unspecified atom stereocenters. The van der Waals surface area contributed by atoms with Gasteiger partial charge in [0, 0.05) is 12.5 Å². The summed E-state index contributed by atoms with van der Waals surface area (Å²) >= 11 is 0. The van der Waals surface area contributed by atoms with Crippen molar-refractivity contribution in [3.05, 3.63) is 60.2 Å². The number of para-hydroxylation sites is 1. The van der Waals surface area contributed by atoms with E-state index in [4.69, 9.17) is 0 Å². The lowest BCUT2D eigenvalue weighted by atomic mass is 9.88. The maximum Gasteiger partial charge on any atom is 0.261 e. The number of anilines is 1. The van der Waals surface area contributed by atoms with Gasteiger partial charge in [0.05, 0.1) is 10.6 Å². The first-order valence-electron chi connectivity index (χ1n) is 8.61. The summed E-state index contributed by atoms with van der Waals surface area (Å²) in [5.41, 5.74) is 1.19. The Hall–Kier alpha value is -2.38. The Bertz CT molecular complexity index is 865. The second-order valence-electron chi connectivity index (χ2n) is 6.50. The summed E-state index contributed by atoms with van der Waals surface area (Å²) in [4.78, 5) is 12.5. The number of hydrogen-bond donors (Lipinski definition) is 3. The van der Waals surface area contributed by atoms with Gasteiger partial charge >= 0.3 is 0 Å². The molecule has 0 radical (unpaired) electrons. The first-order chi connectivity index (χ1) is 12.5. The molecule has 6 nitrogen and oxygen atoms in total. The minimum absolute atomic E-state index is 0.0165. The highest BCUT2D eigenvalue weighted by atomic mass is 32.2. The Labute approximate surface area is 154 Å². The van der Waals surface area contributed by atoms with E-state index in [1.54, 1.807) is 48.5 Å². The number of sulfonamides is 1. The second kappa shape index (κ2) is 7.88. The number of rotatable bonds is 7. The van der Waals surface area contributed by atoms with E-state index >= 15 is 0 Å². The number of amides is 1. The van der Waals surface area contributed by atoms with Crippen LogP contribution in [0.4, 0.5) is 5.69 Å². The zero-order valence-corrected chi connectivity index (χ0v) is 15.4. The van der Waals surface area contributed by atoms with Gasteiger partial charge in [-0.15, -0.1) is 0 Å². The molecular weight excluding hydrogens is 350 g/mol. The van der Waals surface area contributed by atoms with Gasteiger partial charge < -0.3 is 10.6 Å². The van der Waals surface area contributed by atoms with Crippen LogP contribution in [-0.2, 0) is 21.4 Å². The van der Waals surface area contributed by atoms with Gasteiger partial charge in [-0.25, -0.2) is 8.42 Å². The number of nitrogens with one attached hydrogen (secondary N) is 3. The average Bonchev–Trinajstić information content (AvgIpc) is 2.59. The SMILES string of the molecule is CC(C(=O)NCc1ccccc1NS(=O)(=O)c1ccccc1)C1CNC1. The molecule has 2 aromatic rings. The van der Waals surface area contributed by atoms with Gasteiger partial charge in [-0.2, -0.15) is 0 Å². The summed E-state index contributed by atoms with van der Waals surface area (Å²) in [7, 11) is -3.67. The Morgan fingerprint density at radius 2 is 1.77 bits per heavy atom. The van der Waals surface area contributed by atoms with Gasteiger partial charge in [-0.05, 0) is 42.8 Å². The van der Waals surface area contributed by atoms with E-state index in [-0.39, 0.29) is 23.3 Å². The first kappa shape index (κ1) is 18.4. The largest absolute Gasteiger partial charge is 0.352 e. The minimum Gasteiger partial charge on any atom is -0.352 e. The van der Waals surface area contributed by atoms with Crippen molar-refractivity contribution >= 4 is 21.6 Å². The van der Waals surface area contributed by atoms with Crippen molar-refractivity contribution in [2.45, 2.75) is 18.4 Å². The van der Waals surface area contributed by atoms with Gasteiger partial charge in [0.2, 0.25) is 5.91 Å². The second-order valence-corrected chi connectivity index (χ2v) is 8.18. The van der Waals surface area contributed by atoms with Crippen molar-refractivity contribution in [2.75, 3.05) is 17.8 Å². The quantitative estimate of drug-likeness (QED) is 0.692. The molecule has 2 aromatic carbocycles. The summed E-state index contributed by atoms with van der Waals surface area (Å²) in [6.45, 7) is 3.92. The molecule has 0 aliphatic carbocycles. The van der Waals surface area contributed by atoms with E-state index in [1.807, 2.05) is 13.0 Å². The van der Waals surface area contributed by atoms with E-state index in [1.165, 1.54) is 0 Å². The molecule has 1 aliphatic heterocycles. The topological polar surface area (TPSA) is 87.3 Å². The standard InChI is InChI=1S/C19H23N3O3S/c1-14(16-11-20-12-16)19(23)21-13-15-7-5-6-10-18(15)22-26(24,25)17-8-3-2-4-9-17/h2-10,14,16,20,22H,11-13H2,1H3,(H,21,23). The molecule has 1 saturated heterocycles. The molecule has 3 rings (SSSR count). The molecule has 0 spiro atoms. The Morgan fingerprint density at radius 1 is 1.12 bits per heavy atom. The molecule has 1 amide bonds. The third-order valence-electron chi connectivity index (χ3n) is 4.70. The van der Waals surface area contributed by atoms with Crippen molar-refractivity contribution in [2.24, 2.45) is 11.8 Å². The van der Waals surface area contributed by atoms with Gasteiger partial charge in [-0.3, -0.25) is 9.52 Å². The molecule has 7 heteroatoms. The van der Waals surface area contributed by atoms with Crippen molar-refractivity contribution < 1.29 is 13.2 Å². The smallest absolute Gasteiger partial charge is 0.261 e. The van der Waals surface area contributed by atoms with Gasteiger partial charge in [-0.1, -0.05) is 43.3 Å². The number of benzene rings is 2. The molecule has 26 heavy (non-hydrogen) atoms. The van der Waals surface area contributed by atoms with Crippen LogP contribution in [0.15, 0.2) is 59.5 Å². The van der Waals surface area contributed by atoms with E-state index in [9.17, 15) is 13.2 Å². The molecular formula is C19H23N3O3S. The van der Waals surface area contributed by atoms with Crippen molar-refractivity contribution in [1.82, 2.24) is 10.6 Å². The fraction of sp³-hybridized carbons (Fsp3) is 0.316. The van der Waals surface area contributed by atoms with Gasteiger partial charge in [0.1, 0.15) is 0 Å². The van der Waals surface area contributed by atoms with Crippen LogP contribution < -0.4 is 15.4 Å². The van der Waals surface area contributed by atoms with Crippen LogP contribution in [0.5, 0.6) is 0 Å². The minimum atomic E-state index is -3.67. The number of hydrogen-bond acceptors (Lipinski definition) is 4. The average molecular weight is 373 g/mol. The highest BCUT2D eigenvalue weighted by Crippen LogP contribution is 2.21. The predicted molar refractivity (Wildman–Crippen MR) is 101 cm³/mol. The fourth-order valence-corrected chi connectivity index (χ4v) is 3.92. The maximum atomic E-state index is 12.5. The summed E-state index contributed by atoms with van der Waals surface area (Å²) in [5.74, 6) is 0.281. The molecule has 138 valence electrons. The maximum absolute atomic E-state index is 12.5. The molecule has 1 heterocycles. The third kappa shape index (κ3) is 4.23. The van der Waals surface area contributed by atoms with Crippen LogP contribution in [-0.4, -0.2) is 27.4 Å². The van der Waals surface area contributed by atoms with Crippen LogP contribution >= 0.6 is 0 Å². The van der Waals surface area contributed by atoms with Crippen LogP contribution in [0.2, 0.25) is 0 Å². The number of carbonyl (C=O) groups is 1. The summed E-state index contributed by atoms with van der Waals surface area (Å²) in [6, 6.07) is 15.3. The predicted octanol–water partition coefficient (Wildman–Crippen LogP) is 1.96. The highest BCUT2D eigenvalue weighted by molar-refractivity contribution is 7.92. The number of carbonyl (C=O) groups excluding carboxylic acids is 1. The Morgan fingerprint density at radius 3 is 2.42 bits per heavy atom. The van der Waals surface area contributed by atoms with Crippen molar-refractivity contribution in [1.29, 1.82) is 0 Å². The van der Waals surface area contributed by atoms with Crippen LogP contribution in [0.1, 0.15) is 12.5 Å². The van der Waals surface area contributed by atoms with E-state index in [2.05, 4.69) is 15.4 Å². The highest BCUT2D eigenvalue weighted by Gasteiger charge is 2.28. The molecule has 1 fully saturated rings. The van der Waals surface area contributed by atoms with Crippen molar-refractivity contribution in [3.63, 3.8) is 0 Å². The third-order valence-corrected chi connectivity index (χ3v) is 6.08. The first-order valence-corrected chi connectivity index (χ1v) is 10.1. The summed E-state index contributed by atoms with van der Waals surface area (Å²) < 4.78 is 27.7. The van der Waals surface area contributed by atoms with Crippen LogP contribution in [0, 0.1) is 11.8 Å². The van der Waals surface area contributed by atoms with E-state index in [0.717, 1.165) is 18.7 Å². The van der Waals surface area contributed by atoms with Gasteiger partial charge in [0.15, 0.2) is 0 Å². The molecule has 1 atom stereocenters. The lowest BCUT2D eigenvalue weighted by Gasteiger charge is -2.31. The van der Waals surface area contributed by atoms with E-state index in [0.29, 0.717) is 11.6 Å². The Kier molecular flexibility index (Phi) is 5.58. The summed E-state index contributed by atoms with van der Waals surface area (Å²) in [5, 5.41) is 6.08. The Balaban J connectivity index is 1.69. The fourth-order valence-electron chi connectivity index (χ4n) is 2.80. The van der Waals surface area contributed by atoms with Gasteiger partial charge in [0.25, 0.3) is 10.0 Å². The molecule has 1 aliphatic rings. The normalized spacial score (nSPS) is 15.7. The van der Waals surface area contributed by atoms with E-state index < -0.39 is 10.0 Å². The molecule has 0 aromatic heterocycles.